The predicted octanol–water partition coefficient (Wildman–Crippen LogP) is 3.66. The summed E-state index contributed by atoms with van der Waals surface area (Å²) in [4.78, 5) is 12.4. The van der Waals surface area contributed by atoms with Crippen LogP contribution in [0.3, 0.4) is 0 Å². The summed E-state index contributed by atoms with van der Waals surface area (Å²) in [5.41, 5.74) is 3.63. The van der Waals surface area contributed by atoms with Crippen LogP contribution in [-0.4, -0.2) is 34.3 Å². The van der Waals surface area contributed by atoms with E-state index >= 15 is 0 Å². The molecule has 0 radical (unpaired) electrons. The lowest BCUT2D eigenvalue weighted by molar-refractivity contribution is 0.0955. The van der Waals surface area contributed by atoms with Crippen LogP contribution in [0.25, 0.3) is 0 Å². The van der Waals surface area contributed by atoms with Gasteiger partial charge in [-0.05, 0) is 61.5 Å². The second-order valence-corrected chi connectivity index (χ2v) is 8.21. The molecule has 1 amide bonds. The number of benzene rings is 3. The largest absolute Gasteiger partial charge is 0.497 e. The topological polar surface area (TPSA) is 106 Å². The molecule has 0 heterocycles. The minimum atomic E-state index is -3.89. The maximum Gasteiger partial charge on any atom is 0.271 e. The summed E-state index contributed by atoms with van der Waals surface area (Å²) in [6.07, 6.45) is 1.47. The lowest BCUT2D eigenvalue weighted by atomic mass is 10.2. The van der Waals surface area contributed by atoms with E-state index < -0.39 is 15.9 Å². The Balaban J connectivity index is 1.71. The van der Waals surface area contributed by atoms with Crippen molar-refractivity contribution in [3.63, 3.8) is 0 Å². The van der Waals surface area contributed by atoms with Gasteiger partial charge in [0.05, 0.1) is 24.8 Å². The zero-order valence-electron chi connectivity index (χ0n) is 17.6. The van der Waals surface area contributed by atoms with Crippen molar-refractivity contribution in [3.8, 4) is 11.5 Å². The first kappa shape index (κ1) is 22.8. The van der Waals surface area contributed by atoms with Gasteiger partial charge in [-0.1, -0.05) is 18.2 Å². The van der Waals surface area contributed by atoms with Crippen LogP contribution in [0.1, 0.15) is 22.8 Å². The molecule has 0 spiro atoms. The molecule has 8 nitrogen and oxygen atoms in total. The number of nitrogens with one attached hydrogen (secondary N) is 2. The van der Waals surface area contributed by atoms with E-state index in [1.807, 2.05) is 19.1 Å². The number of amides is 1. The number of hydrogen-bond acceptors (Lipinski definition) is 6. The summed E-state index contributed by atoms with van der Waals surface area (Å²) in [5, 5.41) is 3.96. The van der Waals surface area contributed by atoms with Crippen molar-refractivity contribution in [2.24, 2.45) is 5.10 Å². The summed E-state index contributed by atoms with van der Waals surface area (Å²) in [6, 6.07) is 19.4. The Hall–Kier alpha value is -3.85. The van der Waals surface area contributed by atoms with Crippen molar-refractivity contribution in [2.75, 3.05) is 18.4 Å². The zero-order valence-corrected chi connectivity index (χ0v) is 18.4. The van der Waals surface area contributed by atoms with E-state index in [1.165, 1.54) is 37.6 Å². The monoisotopic (exact) mass is 453 g/mol. The highest BCUT2D eigenvalue weighted by Gasteiger charge is 2.16. The summed E-state index contributed by atoms with van der Waals surface area (Å²) in [5.74, 6) is 0.707. The molecule has 9 heteroatoms. The third-order valence-electron chi connectivity index (χ3n) is 4.34. The average Bonchev–Trinajstić information content (AvgIpc) is 2.80. The number of carbonyl (C=O) groups excluding carboxylic acids is 1. The zero-order chi connectivity index (χ0) is 23.0. The summed E-state index contributed by atoms with van der Waals surface area (Å²) in [7, 11) is -2.36. The van der Waals surface area contributed by atoms with Crippen molar-refractivity contribution in [1.82, 2.24) is 5.43 Å². The van der Waals surface area contributed by atoms with Crippen LogP contribution in [-0.2, 0) is 10.0 Å². The molecule has 0 saturated heterocycles. The van der Waals surface area contributed by atoms with Crippen LogP contribution in [0.4, 0.5) is 5.69 Å². The molecule has 2 N–H and O–H groups in total. The van der Waals surface area contributed by atoms with Crippen LogP contribution >= 0.6 is 0 Å². The highest BCUT2D eigenvalue weighted by atomic mass is 32.2. The Morgan fingerprint density at radius 2 is 1.78 bits per heavy atom. The van der Waals surface area contributed by atoms with Gasteiger partial charge in [-0.25, -0.2) is 13.8 Å². The Morgan fingerprint density at radius 3 is 2.50 bits per heavy atom. The minimum Gasteiger partial charge on any atom is -0.497 e. The van der Waals surface area contributed by atoms with Gasteiger partial charge >= 0.3 is 0 Å². The Labute approximate surface area is 186 Å². The second kappa shape index (κ2) is 10.5. The van der Waals surface area contributed by atoms with Gasteiger partial charge in [-0.2, -0.15) is 5.10 Å². The average molecular weight is 454 g/mol. The molecule has 32 heavy (non-hydrogen) atoms. The quantitative estimate of drug-likeness (QED) is 0.380. The van der Waals surface area contributed by atoms with Crippen molar-refractivity contribution in [1.29, 1.82) is 0 Å². The number of para-hydroxylation sites is 1. The first-order valence-electron chi connectivity index (χ1n) is 9.75. The third-order valence-corrected chi connectivity index (χ3v) is 5.72. The first-order valence-corrected chi connectivity index (χ1v) is 11.2. The molecule has 0 aromatic heterocycles. The Kier molecular flexibility index (Phi) is 7.45. The first-order chi connectivity index (χ1) is 15.4. The Bertz CT molecular complexity index is 1210. The van der Waals surface area contributed by atoms with E-state index in [-0.39, 0.29) is 10.5 Å². The normalized spacial score (nSPS) is 11.2. The van der Waals surface area contributed by atoms with E-state index in [0.29, 0.717) is 29.4 Å². The van der Waals surface area contributed by atoms with Gasteiger partial charge in [-0.15, -0.1) is 0 Å². The smallest absolute Gasteiger partial charge is 0.271 e. The van der Waals surface area contributed by atoms with Crippen LogP contribution in [0.2, 0.25) is 0 Å². The van der Waals surface area contributed by atoms with E-state index in [4.69, 9.17) is 9.47 Å². The second-order valence-electron chi connectivity index (χ2n) is 6.53. The van der Waals surface area contributed by atoms with E-state index in [1.54, 1.807) is 36.4 Å². The molecule has 166 valence electrons. The molecular weight excluding hydrogens is 430 g/mol. The number of carbonyl (C=O) groups is 1. The molecule has 0 atom stereocenters. The fraction of sp³-hybridized carbons (Fsp3) is 0.130. The maximum absolute atomic E-state index is 12.7. The molecule has 3 aromatic carbocycles. The molecule has 3 aromatic rings. The van der Waals surface area contributed by atoms with Gasteiger partial charge in [0.1, 0.15) is 11.5 Å². The van der Waals surface area contributed by atoms with E-state index in [9.17, 15) is 13.2 Å². The van der Waals surface area contributed by atoms with E-state index in [0.717, 1.165) is 0 Å². The van der Waals surface area contributed by atoms with Gasteiger partial charge in [-0.3, -0.25) is 9.52 Å². The van der Waals surface area contributed by atoms with Crippen LogP contribution in [0, 0.1) is 0 Å². The lowest BCUT2D eigenvalue weighted by Gasteiger charge is -2.10. The summed E-state index contributed by atoms with van der Waals surface area (Å²) < 4.78 is 38.5. The third kappa shape index (κ3) is 5.86. The molecule has 0 bridgehead atoms. The van der Waals surface area contributed by atoms with Gasteiger partial charge in [0, 0.05) is 16.8 Å². The fourth-order valence-electron chi connectivity index (χ4n) is 2.78. The maximum atomic E-state index is 12.7. The van der Waals surface area contributed by atoms with Crippen molar-refractivity contribution in [3.05, 3.63) is 83.9 Å². The molecule has 0 aliphatic heterocycles. The molecule has 0 aliphatic rings. The molecular formula is C23H23N3O5S. The number of ether oxygens (including phenoxy) is 2. The van der Waals surface area contributed by atoms with Crippen molar-refractivity contribution < 1.29 is 22.7 Å². The van der Waals surface area contributed by atoms with Gasteiger partial charge in [0.2, 0.25) is 0 Å². The standard InChI is InChI=1S/C23H23N3O5S/c1-3-31-22-10-5-4-7-18(22)16-24-25-23(27)17-8-6-9-21(15-17)32(28,29)26-19-11-13-20(30-2)14-12-19/h4-16,26H,3H2,1-2H3,(H,25,27)/b24-16+. The van der Waals surface area contributed by atoms with Crippen LogP contribution < -0.4 is 19.6 Å². The lowest BCUT2D eigenvalue weighted by Crippen LogP contribution is -2.19. The number of hydrogen-bond donors (Lipinski definition) is 2. The predicted molar refractivity (Wildman–Crippen MR) is 123 cm³/mol. The highest BCUT2D eigenvalue weighted by Crippen LogP contribution is 2.20. The van der Waals surface area contributed by atoms with Crippen LogP contribution in [0.15, 0.2) is 82.8 Å². The number of methoxy groups -OCH3 is 1. The van der Waals surface area contributed by atoms with Gasteiger partial charge in [0.15, 0.2) is 0 Å². The number of hydrazone groups is 1. The fourth-order valence-corrected chi connectivity index (χ4v) is 3.88. The molecule has 3 rings (SSSR count). The van der Waals surface area contributed by atoms with Crippen molar-refractivity contribution in [2.45, 2.75) is 11.8 Å². The molecule has 0 saturated carbocycles. The number of anilines is 1. The highest BCUT2D eigenvalue weighted by molar-refractivity contribution is 7.92. The van der Waals surface area contributed by atoms with E-state index in [2.05, 4.69) is 15.2 Å². The number of rotatable bonds is 9. The SMILES string of the molecule is CCOc1ccccc1/C=N/NC(=O)c1cccc(S(=O)(=O)Nc2ccc(OC)cc2)c1. The Morgan fingerprint density at radius 1 is 1.03 bits per heavy atom. The molecule has 0 unspecified atom stereocenters. The van der Waals surface area contributed by atoms with Gasteiger partial charge in [0.25, 0.3) is 15.9 Å². The minimum absolute atomic E-state index is 0.0494. The number of nitrogens with zero attached hydrogens (tertiary/aromatic N) is 1. The van der Waals surface area contributed by atoms with Crippen molar-refractivity contribution >= 4 is 27.8 Å². The number of sulfonamides is 1. The molecule has 0 aliphatic carbocycles. The van der Waals surface area contributed by atoms with Crippen LogP contribution in [0.5, 0.6) is 11.5 Å². The summed E-state index contributed by atoms with van der Waals surface area (Å²) >= 11 is 0. The summed E-state index contributed by atoms with van der Waals surface area (Å²) in [6.45, 7) is 2.38. The van der Waals surface area contributed by atoms with Gasteiger partial charge < -0.3 is 9.47 Å². The molecule has 0 fully saturated rings.